The normalized spacial score (nSPS) is 41.9. The van der Waals surface area contributed by atoms with Crippen LogP contribution < -0.4 is 0 Å². The number of hydrogen-bond donors (Lipinski definition) is 0. The fourth-order valence-corrected chi connectivity index (χ4v) is 3.04. The van der Waals surface area contributed by atoms with Crippen molar-refractivity contribution in [3.8, 4) is 0 Å². The van der Waals surface area contributed by atoms with E-state index in [-0.39, 0.29) is 0 Å². The van der Waals surface area contributed by atoms with E-state index in [1.54, 1.807) is 0 Å². The van der Waals surface area contributed by atoms with Gasteiger partial charge in [0.1, 0.15) is 18.3 Å². The highest BCUT2D eigenvalue weighted by Crippen LogP contribution is 2.43. The maximum atomic E-state index is 11.3. The van der Waals surface area contributed by atoms with Gasteiger partial charge in [-0.1, -0.05) is 0 Å². The van der Waals surface area contributed by atoms with Gasteiger partial charge in [0, 0.05) is 20.8 Å². The monoisotopic (exact) mass is 316 g/mol. The highest BCUT2D eigenvalue weighted by Gasteiger charge is 2.66. The Bertz CT molecular complexity index is 420. The average molecular weight is 316 g/mol. The molecule has 0 spiro atoms. The Kier molecular flexibility index (Phi) is 3.79. The molecule has 9 nitrogen and oxygen atoms in total. The van der Waals surface area contributed by atoms with Crippen molar-refractivity contribution < 1.29 is 42.8 Å². The maximum absolute atomic E-state index is 11.3. The van der Waals surface area contributed by atoms with Crippen LogP contribution in [-0.4, -0.2) is 61.0 Å². The molecule has 4 bridgehead atoms. The molecule has 9 heteroatoms. The van der Waals surface area contributed by atoms with Gasteiger partial charge in [-0.15, -0.1) is 0 Å². The molecule has 0 amide bonds. The van der Waals surface area contributed by atoms with Gasteiger partial charge in [-0.2, -0.15) is 0 Å². The number of ether oxygens (including phenoxy) is 6. The van der Waals surface area contributed by atoms with E-state index < -0.39 is 61.0 Å². The molecule has 0 radical (unpaired) electrons. The van der Waals surface area contributed by atoms with E-state index in [1.165, 1.54) is 20.8 Å². The summed E-state index contributed by atoms with van der Waals surface area (Å²) >= 11 is 0. The number of carbonyl (C=O) groups is 3. The number of hydrogen-bond acceptors (Lipinski definition) is 9. The minimum atomic E-state index is -0.967. The van der Waals surface area contributed by atoms with E-state index in [0.717, 1.165) is 0 Å². The molecular weight excluding hydrogens is 300 g/mol. The van der Waals surface area contributed by atoms with Crippen molar-refractivity contribution in [3.63, 3.8) is 0 Å². The summed E-state index contributed by atoms with van der Waals surface area (Å²) in [6.45, 7) is 2.75. The molecule has 0 unspecified atom stereocenters. The third-order valence-corrected chi connectivity index (χ3v) is 3.65. The molecule has 22 heavy (non-hydrogen) atoms. The molecule has 4 fully saturated rings. The van der Waals surface area contributed by atoms with E-state index in [0.29, 0.717) is 0 Å². The smallest absolute Gasteiger partial charge is 0.303 e. The Hall–Kier alpha value is -1.71. The molecule has 0 N–H and O–H groups in total. The molecule has 4 aliphatic rings. The van der Waals surface area contributed by atoms with Crippen LogP contribution in [-0.2, 0) is 42.8 Å². The first-order chi connectivity index (χ1) is 10.4. The lowest BCUT2D eigenvalue weighted by atomic mass is 9.82. The van der Waals surface area contributed by atoms with Gasteiger partial charge in [0.05, 0.1) is 0 Å². The molecule has 3 heterocycles. The van der Waals surface area contributed by atoms with Gasteiger partial charge in [0.2, 0.25) is 0 Å². The molecular formula is C13H16O9. The minimum Gasteiger partial charge on any atom is -0.457 e. The van der Waals surface area contributed by atoms with Crippen LogP contribution in [0.25, 0.3) is 0 Å². The highest BCUT2D eigenvalue weighted by atomic mass is 16.9. The van der Waals surface area contributed by atoms with Crippen molar-refractivity contribution in [1.29, 1.82) is 0 Å². The van der Waals surface area contributed by atoms with E-state index in [2.05, 4.69) is 0 Å². The zero-order chi connectivity index (χ0) is 16.0. The summed E-state index contributed by atoms with van der Waals surface area (Å²) in [6, 6.07) is 0. The molecule has 0 atom stereocenters. The molecule has 0 aromatic carbocycles. The molecule has 0 aromatic rings. The zero-order valence-electron chi connectivity index (χ0n) is 12.2. The predicted molar refractivity (Wildman–Crippen MR) is 65.1 cm³/mol. The number of carbonyl (C=O) groups excluding carboxylic acids is 3. The summed E-state index contributed by atoms with van der Waals surface area (Å²) in [6.07, 6.45) is -4.78. The van der Waals surface area contributed by atoms with Gasteiger partial charge < -0.3 is 28.4 Å². The van der Waals surface area contributed by atoms with Crippen LogP contribution in [0, 0.1) is 0 Å². The fourth-order valence-electron chi connectivity index (χ4n) is 3.04. The summed E-state index contributed by atoms with van der Waals surface area (Å²) in [7, 11) is 0. The topological polar surface area (TPSA) is 107 Å². The van der Waals surface area contributed by atoms with Crippen molar-refractivity contribution in [1.82, 2.24) is 0 Å². The Balaban J connectivity index is 1.91. The summed E-state index contributed by atoms with van der Waals surface area (Å²) in [4.78, 5) is 33.9. The second-order valence-electron chi connectivity index (χ2n) is 5.31. The molecule has 122 valence electrons. The second kappa shape index (κ2) is 5.49. The van der Waals surface area contributed by atoms with Crippen molar-refractivity contribution in [2.45, 2.75) is 63.9 Å². The molecule has 4 rings (SSSR count). The van der Waals surface area contributed by atoms with E-state index >= 15 is 0 Å². The zero-order valence-corrected chi connectivity index (χ0v) is 12.2. The lowest BCUT2D eigenvalue weighted by molar-refractivity contribution is -0.479. The molecule has 1 aliphatic carbocycles. The Labute approximate surface area is 125 Å². The number of rotatable bonds is 3. The quantitative estimate of drug-likeness (QED) is 0.491. The Morgan fingerprint density at radius 2 is 0.909 bits per heavy atom. The van der Waals surface area contributed by atoms with Gasteiger partial charge in [0.25, 0.3) is 6.48 Å². The average Bonchev–Trinajstić information content (AvgIpc) is 2.39. The fraction of sp³-hybridized carbons (Fsp3) is 0.769. The lowest BCUT2D eigenvalue weighted by Crippen LogP contribution is -2.76. The summed E-state index contributed by atoms with van der Waals surface area (Å²) in [5, 5.41) is 0. The van der Waals surface area contributed by atoms with Gasteiger partial charge in [-0.05, 0) is 0 Å². The van der Waals surface area contributed by atoms with E-state index in [1.807, 2.05) is 0 Å². The highest BCUT2D eigenvalue weighted by molar-refractivity contribution is 5.68. The Morgan fingerprint density at radius 1 is 0.636 bits per heavy atom. The minimum absolute atomic E-state index is 0.547. The summed E-state index contributed by atoms with van der Waals surface area (Å²) in [5.41, 5.74) is 0. The SMILES string of the molecule is CC(=O)OC1C2OC3O[C@H]1C(OC(C)=O)[C@H](O3)[C@@H]2OC(C)=O. The van der Waals surface area contributed by atoms with Gasteiger partial charge in [-0.25, -0.2) is 0 Å². The molecule has 1 saturated carbocycles. The van der Waals surface area contributed by atoms with E-state index in [4.69, 9.17) is 28.4 Å². The Morgan fingerprint density at radius 3 is 1.14 bits per heavy atom. The maximum Gasteiger partial charge on any atom is 0.303 e. The van der Waals surface area contributed by atoms with Crippen LogP contribution >= 0.6 is 0 Å². The van der Waals surface area contributed by atoms with Crippen LogP contribution in [0.3, 0.4) is 0 Å². The van der Waals surface area contributed by atoms with Crippen molar-refractivity contribution in [3.05, 3.63) is 0 Å². The van der Waals surface area contributed by atoms with Crippen LogP contribution in [0.2, 0.25) is 0 Å². The summed E-state index contributed by atoms with van der Waals surface area (Å²) < 4.78 is 32.1. The van der Waals surface area contributed by atoms with Crippen LogP contribution in [0.15, 0.2) is 0 Å². The van der Waals surface area contributed by atoms with Gasteiger partial charge in [-0.3, -0.25) is 14.4 Å². The van der Waals surface area contributed by atoms with Crippen molar-refractivity contribution in [2.24, 2.45) is 0 Å². The first-order valence-corrected chi connectivity index (χ1v) is 6.85. The first-order valence-electron chi connectivity index (χ1n) is 6.85. The van der Waals surface area contributed by atoms with Crippen LogP contribution in [0.1, 0.15) is 20.8 Å². The molecule has 0 aromatic heterocycles. The van der Waals surface area contributed by atoms with Crippen molar-refractivity contribution in [2.75, 3.05) is 0 Å². The first kappa shape index (κ1) is 15.2. The largest absolute Gasteiger partial charge is 0.457 e. The lowest BCUT2D eigenvalue weighted by Gasteiger charge is -2.57. The molecule has 3 aliphatic heterocycles. The predicted octanol–water partition coefficient (Wildman–Crippen LogP) is -0.738. The van der Waals surface area contributed by atoms with Gasteiger partial charge >= 0.3 is 17.9 Å². The van der Waals surface area contributed by atoms with Crippen LogP contribution in [0.5, 0.6) is 0 Å². The standard InChI is InChI=1S/C13H16O9/c1-4(14)17-7-10-8(18-5(2)15)12-9(19-6(3)16)11(7)21-13(20-10)22-12/h7-13H,1-3H3/t7-,8?,9?,10+,11?,12-,13?/m0/s1. The van der Waals surface area contributed by atoms with Crippen molar-refractivity contribution >= 4 is 17.9 Å². The number of esters is 3. The molecule has 3 saturated heterocycles. The van der Waals surface area contributed by atoms with Crippen LogP contribution in [0.4, 0.5) is 0 Å². The third-order valence-electron chi connectivity index (χ3n) is 3.65. The summed E-state index contributed by atoms with van der Waals surface area (Å²) in [5.74, 6) is -1.64. The second-order valence-corrected chi connectivity index (χ2v) is 5.31. The van der Waals surface area contributed by atoms with E-state index in [9.17, 15) is 14.4 Å². The third kappa shape index (κ3) is 2.55. The van der Waals surface area contributed by atoms with Gasteiger partial charge in [0.15, 0.2) is 18.3 Å².